The van der Waals surface area contributed by atoms with Crippen molar-refractivity contribution in [3.8, 4) is 0 Å². The van der Waals surface area contributed by atoms with Crippen LogP contribution in [0.2, 0.25) is 0 Å². The minimum atomic E-state index is 0.0188. The van der Waals surface area contributed by atoms with Gasteiger partial charge in [0.05, 0.1) is 18.9 Å². The molecule has 0 radical (unpaired) electrons. The molecule has 1 N–H and O–H groups in total. The number of hydrogen-bond donors (Lipinski definition) is 1. The number of carbonyl (C=O) groups excluding carboxylic acids is 1. The Labute approximate surface area is 66.3 Å². The monoisotopic (exact) mass is 155 g/mol. The lowest BCUT2D eigenvalue weighted by molar-refractivity contribution is -0.119. The van der Waals surface area contributed by atoms with E-state index in [-0.39, 0.29) is 5.91 Å². The molecule has 1 aliphatic heterocycles. The van der Waals surface area contributed by atoms with Crippen molar-refractivity contribution in [1.29, 1.82) is 0 Å². The van der Waals surface area contributed by atoms with E-state index in [4.69, 9.17) is 0 Å². The van der Waals surface area contributed by atoms with Crippen LogP contribution in [0.4, 0.5) is 0 Å². The van der Waals surface area contributed by atoms with Crippen LogP contribution < -0.4 is 5.32 Å². The standard InChI is InChI=1S/C7H13N3O/c1-6(11)9-4-7-3-8-5-10(7)2/h5,7H,3-4H2,1-2H3,(H,9,11). The van der Waals surface area contributed by atoms with Crippen molar-refractivity contribution in [3.63, 3.8) is 0 Å². The average Bonchev–Trinajstić information content (AvgIpc) is 2.31. The maximum absolute atomic E-state index is 10.5. The minimum absolute atomic E-state index is 0.0188. The molecule has 0 bridgehead atoms. The number of amides is 1. The van der Waals surface area contributed by atoms with Gasteiger partial charge < -0.3 is 10.2 Å². The molecule has 4 nitrogen and oxygen atoms in total. The van der Waals surface area contributed by atoms with E-state index in [1.54, 1.807) is 6.34 Å². The van der Waals surface area contributed by atoms with E-state index in [1.165, 1.54) is 6.92 Å². The molecular formula is C7H13N3O. The normalized spacial score (nSPS) is 22.4. The van der Waals surface area contributed by atoms with E-state index in [1.807, 2.05) is 11.9 Å². The highest BCUT2D eigenvalue weighted by Crippen LogP contribution is 1.99. The fourth-order valence-electron chi connectivity index (χ4n) is 0.991. The second-order valence-electron chi connectivity index (χ2n) is 2.74. The molecule has 62 valence electrons. The molecule has 0 aromatic heterocycles. The second-order valence-corrected chi connectivity index (χ2v) is 2.74. The molecule has 0 spiro atoms. The molecule has 1 rings (SSSR count). The fraction of sp³-hybridized carbons (Fsp3) is 0.714. The summed E-state index contributed by atoms with van der Waals surface area (Å²) in [5.74, 6) is 0.0188. The maximum atomic E-state index is 10.5. The number of nitrogens with one attached hydrogen (secondary N) is 1. The molecule has 1 heterocycles. The first-order chi connectivity index (χ1) is 5.20. The van der Waals surface area contributed by atoms with Gasteiger partial charge in [-0.1, -0.05) is 0 Å². The molecule has 0 saturated carbocycles. The number of nitrogens with zero attached hydrogens (tertiary/aromatic N) is 2. The van der Waals surface area contributed by atoms with Crippen LogP contribution in [0.25, 0.3) is 0 Å². The predicted octanol–water partition coefficient (Wildman–Crippen LogP) is -0.535. The molecule has 1 aliphatic rings. The van der Waals surface area contributed by atoms with Crippen molar-refractivity contribution >= 4 is 12.2 Å². The Bertz CT molecular complexity index is 179. The van der Waals surface area contributed by atoms with Gasteiger partial charge in [-0.15, -0.1) is 0 Å². The molecule has 0 saturated heterocycles. The van der Waals surface area contributed by atoms with Crippen LogP contribution in [0, 0.1) is 0 Å². The van der Waals surface area contributed by atoms with Crippen LogP contribution >= 0.6 is 0 Å². The van der Waals surface area contributed by atoms with Gasteiger partial charge in [0.25, 0.3) is 0 Å². The largest absolute Gasteiger partial charge is 0.359 e. The third kappa shape index (κ3) is 2.22. The summed E-state index contributed by atoms with van der Waals surface area (Å²) < 4.78 is 0. The first kappa shape index (κ1) is 8.04. The molecule has 4 heteroatoms. The Balaban J connectivity index is 2.23. The van der Waals surface area contributed by atoms with Crippen LogP contribution in [0.5, 0.6) is 0 Å². The SMILES string of the molecule is CC(=O)NCC1CN=CN1C. The van der Waals surface area contributed by atoms with Crippen LogP contribution in [0.3, 0.4) is 0 Å². The van der Waals surface area contributed by atoms with Gasteiger partial charge in [0, 0.05) is 20.5 Å². The van der Waals surface area contributed by atoms with Crippen molar-refractivity contribution in [3.05, 3.63) is 0 Å². The van der Waals surface area contributed by atoms with Gasteiger partial charge in [-0.25, -0.2) is 0 Å². The third-order valence-corrected chi connectivity index (χ3v) is 1.74. The molecule has 1 amide bonds. The highest BCUT2D eigenvalue weighted by Gasteiger charge is 2.15. The first-order valence-electron chi connectivity index (χ1n) is 3.66. The van der Waals surface area contributed by atoms with Gasteiger partial charge in [0.1, 0.15) is 0 Å². The van der Waals surface area contributed by atoms with E-state index in [2.05, 4.69) is 10.3 Å². The number of hydrogen-bond acceptors (Lipinski definition) is 3. The summed E-state index contributed by atoms with van der Waals surface area (Å²) in [5, 5.41) is 2.76. The quantitative estimate of drug-likeness (QED) is 0.582. The van der Waals surface area contributed by atoms with Crippen LogP contribution in [-0.2, 0) is 4.79 Å². The van der Waals surface area contributed by atoms with Crippen molar-refractivity contribution in [2.24, 2.45) is 4.99 Å². The van der Waals surface area contributed by atoms with Crippen LogP contribution in [0.15, 0.2) is 4.99 Å². The highest BCUT2D eigenvalue weighted by atomic mass is 16.1. The van der Waals surface area contributed by atoms with Gasteiger partial charge in [-0.05, 0) is 0 Å². The Morgan fingerprint density at radius 3 is 3.09 bits per heavy atom. The number of rotatable bonds is 2. The molecular weight excluding hydrogens is 142 g/mol. The minimum Gasteiger partial charge on any atom is -0.359 e. The summed E-state index contributed by atoms with van der Waals surface area (Å²) in [5.41, 5.74) is 0. The second kappa shape index (κ2) is 3.37. The Morgan fingerprint density at radius 1 is 1.91 bits per heavy atom. The van der Waals surface area contributed by atoms with E-state index in [0.717, 1.165) is 6.54 Å². The zero-order valence-electron chi connectivity index (χ0n) is 6.87. The number of carbonyl (C=O) groups is 1. The third-order valence-electron chi connectivity index (χ3n) is 1.74. The molecule has 1 unspecified atom stereocenters. The maximum Gasteiger partial charge on any atom is 0.216 e. The molecule has 1 atom stereocenters. The van der Waals surface area contributed by atoms with E-state index in [0.29, 0.717) is 12.6 Å². The molecule has 0 aromatic carbocycles. The smallest absolute Gasteiger partial charge is 0.216 e. The summed E-state index contributed by atoms with van der Waals surface area (Å²) in [6.45, 7) is 3.00. The lowest BCUT2D eigenvalue weighted by Crippen LogP contribution is -2.39. The Morgan fingerprint density at radius 2 is 2.64 bits per heavy atom. The van der Waals surface area contributed by atoms with Crippen LogP contribution in [-0.4, -0.2) is 43.3 Å². The molecule has 0 aromatic rings. The van der Waals surface area contributed by atoms with Gasteiger partial charge in [-0.2, -0.15) is 0 Å². The van der Waals surface area contributed by atoms with Crippen molar-refractivity contribution in [1.82, 2.24) is 10.2 Å². The summed E-state index contributed by atoms with van der Waals surface area (Å²) in [7, 11) is 1.96. The summed E-state index contributed by atoms with van der Waals surface area (Å²) in [4.78, 5) is 16.6. The van der Waals surface area contributed by atoms with E-state index >= 15 is 0 Å². The molecule has 11 heavy (non-hydrogen) atoms. The lowest BCUT2D eigenvalue weighted by Gasteiger charge is -2.18. The van der Waals surface area contributed by atoms with E-state index in [9.17, 15) is 4.79 Å². The first-order valence-corrected chi connectivity index (χ1v) is 3.66. The molecule has 0 aliphatic carbocycles. The molecule has 0 fully saturated rings. The zero-order chi connectivity index (χ0) is 8.27. The fourth-order valence-corrected chi connectivity index (χ4v) is 0.991. The summed E-state index contributed by atoms with van der Waals surface area (Å²) >= 11 is 0. The van der Waals surface area contributed by atoms with E-state index < -0.39 is 0 Å². The zero-order valence-corrected chi connectivity index (χ0v) is 6.87. The van der Waals surface area contributed by atoms with Gasteiger partial charge in [0.2, 0.25) is 5.91 Å². The van der Waals surface area contributed by atoms with Crippen LogP contribution in [0.1, 0.15) is 6.92 Å². The predicted molar refractivity (Wildman–Crippen MR) is 43.6 cm³/mol. The lowest BCUT2D eigenvalue weighted by atomic mass is 10.3. The van der Waals surface area contributed by atoms with Gasteiger partial charge in [0.15, 0.2) is 0 Å². The Hall–Kier alpha value is -1.06. The average molecular weight is 155 g/mol. The van der Waals surface area contributed by atoms with Crippen molar-refractivity contribution < 1.29 is 4.79 Å². The van der Waals surface area contributed by atoms with Gasteiger partial charge >= 0.3 is 0 Å². The van der Waals surface area contributed by atoms with Gasteiger partial charge in [-0.3, -0.25) is 9.79 Å². The number of likely N-dealkylation sites (N-methyl/N-ethyl adjacent to an activating group) is 1. The van der Waals surface area contributed by atoms with Crippen molar-refractivity contribution in [2.75, 3.05) is 20.1 Å². The number of aliphatic imine (C=N–C) groups is 1. The van der Waals surface area contributed by atoms with Crippen molar-refractivity contribution in [2.45, 2.75) is 13.0 Å². The summed E-state index contributed by atoms with van der Waals surface area (Å²) in [6, 6.07) is 0.346. The Kier molecular flexibility index (Phi) is 2.46. The topological polar surface area (TPSA) is 44.7 Å². The summed E-state index contributed by atoms with van der Waals surface area (Å²) in [6.07, 6.45) is 1.80. The highest BCUT2D eigenvalue weighted by molar-refractivity contribution is 5.73.